The van der Waals surface area contributed by atoms with Crippen LogP contribution in [0.4, 0.5) is 18.9 Å². The van der Waals surface area contributed by atoms with Crippen molar-refractivity contribution < 1.29 is 18.0 Å². The van der Waals surface area contributed by atoms with Crippen molar-refractivity contribution in [1.29, 1.82) is 0 Å². The molecule has 2 aliphatic rings. The molecule has 0 spiro atoms. The number of fused-ring (bicyclic) bond motifs is 1. The third-order valence-electron chi connectivity index (χ3n) is 6.93. The van der Waals surface area contributed by atoms with Crippen molar-refractivity contribution >= 4 is 22.5 Å². The smallest absolute Gasteiger partial charge is 0.382 e. The van der Waals surface area contributed by atoms with Gasteiger partial charge in [0.2, 0.25) is 0 Å². The minimum atomic E-state index is -4.52. The quantitative estimate of drug-likeness (QED) is 0.445. The number of pyridine rings is 1. The summed E-state index contributed by atoms with van der Waals surface area (Å²) in [5, 5.41) is 11.4. The van der Waals surface area contributed by atoms with Crippen LogP contribution in [0.1, 0.15) is 85.9 Å². The summed E-state index contributed by atoms with van der Waals surface area (Å²) in [7, 11) is 0. The van der Waals surface area contributed by atoms with Gasteiger partial charge in [-0.05, 0) is 82.1 Å². The standard InChI is InChI=1S/C26H30F3N5O/c1-15(2)34-14-18(13-30-34)25(35)32-20-5-3-4-19(11-20)31-23-12-24(26(27,28)29)33-22-9-8-17(10-21(22)23)16-6-7-16/h8-10,12-16,19-20H,3-7,11H2,1-2H3,(H,31,33)(H,32,35)/t19-,20+/m0/s1. The Kier molecular flexibility index (Phi) is 6.19. The van der Waals surface area contributed by atoms with E-state index in [9.17, 15) is 18.0 Å². The van der Waals surface area contributed by atoms with Crippen molar-refractivity contribution in [2.75, 3.05) is 5.32 Å². The van der Waals surface area contributed by atoms with Gasteiger partial charge in [-0.25, -0.2) is 4.98 Å². The van der Waals surface area contributed by atoms with E-state index in [0.29, 0.717) is 29.1 Å². The number of benzene rings is 1. The molecule has 6 nitrogen and oxygen atoms in total. The van der Waals surface area contributed by atoms with E-state index in [1.165, 1.54) is 0 Å². The zero-order valence-corrected chi connectivity index (χ0v) is 19.9. The number of nitrogens with one attached hydrogen (secondary N) is 2. The highest BCUT2D eigenvalue weighted by Crippen LogP contribution is 2.42. The Morgan fingerprint density at radius 3 is 2.57 bits per heavy atom. The number of nitrogens with zero attached hydrogens (tertiary/aromatic N) is 3. The molecule has 0 saturated heterocycles. The number of halogens is 3. The Balaban J connectivity index is 1.34. The SMILES string of the molecule is CC(C)n1cc(C(=O)N[C@@H]2CCC[C@H](Nc3cc(C(F)(F)F)nc4ccc(C5CC5)cc34)C2)cn1. The van der Waals surface area contributed by atoms with Crippen molar-refractivity contribution in [3.63, 3.8) is 0 Å². The summed E-state index contributed by atoms with van der Waals surface area (Å²) in [6.07, 6.45) is 4.16. The van der Waals surface area contributed by atoms with Gasteiger partial charge in [0.15, 0.2) is 0 Å². The molecule has 35 heavy (non-hydrogen) atoms. The first-order chi connectivity index (χ1) is 16.7. The van der Waals surface area contributed by atoms with Gasteiger partial charge in [-0.15, -0.1) is 0 Å². The molecule has 0 bridgehead atoms. The number of aromatic nitrogens is 3. The molecule has 9 heteroatoms. The van der Waals surface area contributed by atoms with Crippen LogP contribution in [0.3, 0.4) is 0 Å². The summed E-state index contributed by atoms with van der Waals surface area (Å²) >= 11 is 0. The lowest BCUT2D eigenvalue weighted by Gasteiger charge is -2.31. The molecule has 186 valence electrons. The fourth-order valence-corrected chi connectivity index (χ4v) is 4.86. The number of rotatable bonds is 6. The summed E-state index contributed by atoms with van der Waals surface area (Å²) in [6, 6.07) is 6.75. The van der Waals surface area contributed by atoms with E-state index in [1.807, 2.05) is 26.0 Å². The molecule has 2 atom stereocenters. The molecular weight excluding hydrogens is 455 g/mol. The van der Waals surface area contributed by atoms with Gasteiger partial charge >= 0.3 is 6.18 Å². The third-order valence-corrected chi connectivity index (χ3v) is 6.93. The summed E-state index contributed by atoms with van der Waals surface area (Å²) in [6.45, 7) is 3.99. The molecule has 2 aliphatic carbocycles. The van der Waals surface area contributed by atoms with Crippen molar-refractivity contribution in [1.82, 2.24) is 20.1 Å². The second-order valence-corrected chi connectivity index (χ2v) is 10.1. The van der Waals surface area contributed by atoms with Crippen molar-refractivity contribution in [2.45, 2.75) is 82.6 Å². The topological polar surface area (TPSA) is 71.8 Å². The number of hydrogen-bond acceptors (Lipinski definition) is 4. The minimum Gasteiger partial charge on any atom is -0.382 e. The lowest BCUT2D eigenvalue weighted by atomic mass is 9.90. The average molecular weight is 486 g/mol. The first-order valence-corrected chi connectivity index (χ1v) is 12.3. The summed E-state index contributed by atoms with van der Waals surface area (Å²) < 4.78 is 42.4. The zero-order valence-electron chi connectivity index (χ0n) is 19.9. The van der Waals surface area contributed by atoms with Crippen LogP contribution in [0.15, 0.2) is 36.7 Å². The molecule has 0 aliphatic heterocycles. The van der Waals surface area contributed by atoms with Crippen molar-refractivity contribution in [3.8, 4) is 0 Å². The van der Waals surface area contributed by atoms with E-state index in [2.05, 4.69) is 20.7 Å². The maximum atomic E-state index is 13.6. The van der Waals surface area contributed by atoms with E-state index in [4.69, 9.17) is 0 Å². The van der Waals surface area contributed by atoms with E-state index in [1.54, 1.807) is 23.1 Å². The maximum absolute atomic E-state index is 13.6. The summed E-state index contributed by atoms with van der Waals surface area (Å²) in [4.78, 5) is 16.6. The van der Waals surface area contributed by atoms with Crippen molar-refractivity contribution in [3.05, 3.63) is 53.5 Å². The van der Waals surface area contributed by atoms with Crippen LogP contribution in [0, 0.1) is 0 Å². The first-order valence-electron chi connectivity index (χ1n) is 12.3. The second kappa shape index (κ2) is 9.17. The Morgan fingerprint density at radius 2 is 1.89 bits per heavy atom. The minimum absolute atomic E-state index is 0.0521. The lowest BCUT2D eigenvalue weighted by Crippen LogP contribution is -2.41. The molecule has 2 N–H and O–H groups in total. The number of hydrogen-bond donors (Lipinski definition) is 2. The van der Waals surface area contributed by atoms with Gasteiger partial charge in [-0.1, -0.05) is 6.07 Å². The average Bonchev–Trinajstić information content (AvgIpc) is 3.53. The predicted octanol–water partition coefficient (Wildman–Crippen LogP) is 6.06. The van der Waals surface area contributed by atoms with Crippen molar-refractivity contribution in [2.24, 2.45) is 0 Å². The van der Waals surface area contributed by atoms with Crippen LogP contribution < -0.4 is 10.6 Å². The zero-order chi connectivity index (χ0) is 24.7. The summed E-state index contributed by atoms with van der Waals surface area (Å²) in [5.41, 5.74) is 1.57. The van der Waals surface area contributed by atoms with Crippen LogP contribution >= 0.6 is 0 Å². The Bertz CT molecular complexity index is 1230. The van der Waals surface area contributed by atoms with Gasteiger partial charge in [0, 0.05) is 35.4 Å². The highest BCUT2D eigenvalue weighted by atomic mass is 19.4. The van der Waals surface area contributed by atoms with E-state index < -0.39 is 11.9 Å². The molecule has 0 radical (unpaired) electrons. The first kappa shape index (κ1) is 23.6. The highest BCUT2D eigenvalue weighted by molar-refractivity contribution is 5.94. The highest BCUT2D eigenvalue weighted by Gasteiger charge is 2.34. The number of amides is 1. The molecule has 2 heterocycles. The largest absolute Gasteiger partial charge is 0.433 e. The summed E-state index contributed by atoms with van der Waals surface area (Å²) in [5.74, 6) is 0.314. The van der Waals surface area contributed by atoms with Gasteiger partial charge in [0.25, 0.3) is 5.91 Å². The molecular formula is C26H30F3N5O. The molecule has 1 amide bonds. The van der Waals surface area contributed by atoms with Gasteiger partial charge in [0.05, 0.1) is 17.3 Å². The maximum Gasteiger partial charge on any atom is 0.433 e. The Morgan fingerprint density at radius 1 is 1.11 bits per heavy atom. The van der Waals surface area contributed by atoms with Gasteiger partial charge in [-0.3, -0.25) is 9.48 Å². The van der Waals surface area contributed by atoms with E-state index in [0.717, 1.165) is 49.1 Å². The van der Waals surface area contributed by atoms with Crippen LogP contribution in [0.5, 0.6) is 0 Å². The lowest BCUT2D eigenvalue weighted by molar-refractivity contribution is -0.140. The van der Waals surface area contributed by atoms with Crippen LogP contribution in [0.2, 0.25) is 0 Å². The Hall–Kier alpha value is -3.10. The number of carbonyl (C=O) groups excluding carboxylic acids is 1. The number of carbonyl (C=O) groups is 1. The molecule has 2 saturated carbocycles. The fourth-order valence-electron chi connectivity index (χ4n) is 4.86. The van der Waals surface area contributed by atoms with Crippen LogP contribution in [-0.4, -0.2) is 32.8 Å². The normalized spacial score (nSPS) is 20.9. The molecule has 0 unspecified atom stereocenters. The second-order valence-electron chi connectivity index (χ2n) is 10.1. The monoisotopic (exact) mass is 485 g/mol. The third kappa shape index (κ3) is 5.28. The fraction of sp³-hybridized carbons (Fsp3) is 0.500. The van der Waals surface area contributed by atoms with Gasteiger partial charge < -0.3 is 10.6 Å². The van der Waals surface area contributed by atoms with Gasteiger partial charge in [0.1, 0.15) is 5.69 Å². The number of alkyl halides is 3. The van der Waals surface area contributed by atoms with Gasteiger partial charge in [-0.2, -0.15) is 18.3 Å². The Labute approximate surface area is 202 Å². The predicted molar refractivity (Wildman–Crippen MR) is 128 cm³/mol. The van der Waals surface area contributed by atoms with Crippen LogP contribution in [0.25, 0.3) is 10.9 Å². The van der Waals surface area contributed by atoms with Crippen LogP contribution in [-0.2, 0) is 6.18 Å². The molecule has 3 aromatic rings. The molecule has 2 aromatic heterocycles. The number of anilines is 1. The van der Waals surface area contributed by atoms with E-state index in [-0.39, 0.29) is 24.0 Å². The van der Waals surface area contributed by atoms with E-state index >= 15 is 0 Å². The molecule has 2 fully saturated rings. The molecule has 5 rings (SSSR count). The molecule has 1 aromatic carbocycles.